The number of hydrogen-bond acceptors (Lipinski definition) is 5. The number of nitrogens with one attached hydrogen (secondary N) is 1. The average Bonchev–Trinajstić information content (AvgIpc) is 3.40. The van der Waals surface area contributed by atoms with Crippen LogP contribution in [-0.4, -0.2) is 48.9 Å². The zero-order valence-electron chi connectivity index (χ0n) is 19.5. The van der Waals surface area contributed by atoms with Crippen LogP contribution in [0.4, 0.5) is 4.39 Å². The molecule has 1 aliphatic heterocycles. The summed E-state index contributed by atoms with van der Waals surface area (Å²) in [7, 11) is 0. The Hall–Kier alpha value is -3.13. The number of rotatable bonds is 10. The second kappa shape index (κ2) is 10.7. The fraction of sp³-hybridized carbons (Fsp3) is 0.440. The Kier molecular flexibility index (Phi) is 7.92. The molecule has 1 saturated heterocycles. The molecule has 1 amide bonds. The van der Waals surface area contributed by atoms with Crippen molar-refractivity contribution in [3.63, 3.8) is 0 Å². The molecule has 1 atom stereocenters. The molecule has 2 heterocycles. The molecule has 178 valence electrons. The molecule has 0 saturated carbocycles. The summed E-state index contributed by atoms with van der Waals surface area (Å²) in [6, 6.07) is 6.13. The third kappa shape index (κ3) is 5.27. The molecule has 1 aliphatic rings. The highest BCUT2D eigenvalue weighted by molar-refractivity contribution is 6.46. The standard InChI is InChI=1S/C25H31FN2O5/c1-5-27(6-2)12-8-13-28-22(20-9-7-14-32-20)21(24(30)25(28)31)23(29)17-10-11-19(18(26)15-17)33-16(3)4/h7,9-11,14-16,22,29H,5-6,8,12-13H2,1-4H3. The zero-order valence-corrected chi connectivity index (χ0v) is 19.5. The van der Waals surface area contributed by atoms with Crippen LogP contribution in [0.25, 0.3) is 5.76 Å². The van der Waals surface area contributed by atoms with Crippen LogP contribution in [0.15, 0.2) is 46.6 Å². The predicted molar refractivity (Wildman–Crippen MR) is 119 cm³/mol. The molecule has 1 N–H and O–H groups in total. The van der Waals surface area contributed by atoms with Crippen molar-refractivity contribution in [2.45, 2.75) is 46.3 Å². The smallest absolute Gasteiger partial charge is 0.295 e. The number of ether oxygens (including phenoxy) is 1. The van der Waals surface area contributed by atoms with Gasteiger partial charge in [-0.1, -0.05) is 11.8 Å². The summed E-state index contributed by atoms with van der Waals surface area (Å²) >= 11 is 0. The maximum atomic E-state index is 14.5. The quantitative estimate of drug-likeness (QED) is 0.333. The Morgan fingerprint density at radius 3 is 2.55 bits per heavy atom. The van der Waals surface area contributed by atoms with Gasteiger partial charge in [0.25, 0.3) is 5.91 Å². The van der Waals surface area contributed by atoms with E-state index in [1.165, 1.54) is 28.2 Å². The molecule has 3 rings (SSSR count). The van der Waals surface area contributed by atoms with Crippen LogP contribution in [0.3, 0.4) is 0 Å². The molecule has 0 spiro atoms. The number of benzene rings is 1. The summed E-state index contributed by atoms with van der Waals surface area (Å²) in [5.41, 5.74) is -0.243. The monoisotopic (exact) mass is 458 g/mol. The third-order valence-electron chi connectivity index (χ3n) is 5.83. The lowest BCUT2D eigenvalue weighted by Crippen LogP contribution is -3.11. The van der Waals surface area contributed by atoms with Crippen molar-refractivity contribution in [1.29, 1.82) is 0 Å². The van der Waals surface area contributed by atoms with Crippen LogP contribution in [0, 0.1) is 5.82 Å². The van der Waals surface area contributed by atoms with Crippen molar-refractivity contribution in [1.82, 2.24) is 4.90 Å². The number of furan rings is 1. The fourth-order valence-corrected chi connectivity index (χ4v) is 4.09. The molecule has 1 aromatic carbocycles. The van der Waals surface area contributed by atoms with E-state index in [1.807, 2.05) is 0 Å². The topological polar surface area (TPSA) is 87.2 Å². The van der Waals surface area contributed by atoms with E-state index < -0.39 is 29.3 Å². The van der Waals surface area contributed by atoms with E-state index in [0.29, 0.717) is 18.7 Å². The van der Waals surface area contributed by atoms with Gasteiger partial charge in [0.05, 0.1) is 32.0 Å². The minimum Gasteiger partial charge on any atom is -0.872 e. The normalized spacial score (nSPS) is 18.0. The molecule has 0 radical (unpaired) electrons. The van der Waals surface area contributed by atoms with Gasteiger partial charge >= 0.3 is 0 Å². The fourth-order valence-electron chi connectivity index (χ4n) is 4.09. The third-order valence-corrected chi connectivity index (χ3v) is 5.83. The van der Waals surface area contributed by atoms with Gasteiger partial charge in [-0.2, -0.15) is 0 Å². The first kappa shape index (κ1) is 24.5. The minimum atomic E-state index is -0.936. The van der Waals surface area contributed by atoms with E-state index in [1.54, 1.807) is 26.0 Å². The second-order valence-electron chi connectivity index (χ2n) is 8.36. The van der Waals surface area contributed by atoms with Gasteiger partial charge in [-0.15, -0.1) is 0 Å². The maximum Gasteiger partial charge on any atom is 0.295 e. The van der Waals surface area contributed by atoms with E-state index in [0.717, 1.165) is 25.7 Å². The van der Waals surface area contributed by atoms with Crippen molar-refractivity contribution in [2.75, 3.05) is 26.2 Å². The van der Waals surface area contributed by atoms with Crippen molar-refractivity contribution in [3.05, 3.63) is 59.3 Å². The Bertz CT molecular complexity index is 1010. The van der Waals surface area contributed by atoms with Crippen LogP contribution >= 0.6 is 0 Å². The lowest BCUT2D eigenvalue weighted by molar-refractivity contribution is -0.896. The van der Waals surface area contributed by atoms with E-state index in [4.69, 9.17) is 9.15 Å². The van der Waals surface area contributed by atoms with E-state index >= 15 is 0 Å². The molecular weight excluding hydrogens is 427 g/mol. The van der Waals surface area contributed by atoms with Gasteiger partial charge in [-0.25, -0.2) is 4.39 Å². The molecule has 1 unspecified atom stereocenters. The molecule has 8 heteroatoms. The number of quaternary nitrogens is 1. The van der Waals surface area contributed by atoms with Gasteiger partial charge in [-0.05, 0) is 57.5 Å². The Morgan fingerprint density at radius 1 is 1.24 bits per heavy atom. The van der Waals surface area contributed by atoms with Crippen LogP contribution in [0.1, 0.15) is 51.5 Å². The number of halogens is 1. The van der Waals surface area contributed by atoms with Gasteiger partial charge in [0, 0.05) is 18.5 Å². The first-order valence-corrected chi connectivity index (χ1v) is 11.4. The van der Waals surface area contributed by atoms with Gasteiger partial charge < -0.3 is 24.1 Å². The first-order valence-electron chi connectivity index (χ1n) is 11.4. The number of ketones is 1. The number of carbonyl (C=O) groups excluding carboxylic acids is 2. The Balaban J connectivity index is 1.97. The number of Topliss-reactive ketones (excluding diaryl/α,β-unsaturated/α-hetero) is 1. The number of carbonyl (C=O) groups is 2. The summed E-state index contributed by atoms with van der Waals surface area (Å²) < 4.78 is 25.4. The lowest BCUT2D eigenvalue weighted by atomic mass is 9.99. The number of likely N-dealkylation sites (tertiary alicyclic amines) is 1. The van der Waals surface area contributed by atoms with Crippen molar-refractivity contribution < 1.29 is 33.1 Å². The molecule has 0 aliphatic carbocycles. The summed E-state index contributed by atoms with van der Waals surface area (Å²) in [6.07, 6.45) is 1.87. The summed E-state index contributed by atoms with van der Waals surface area (Å²) in [5, 5.41) is 13.3. The number of nitrogens with zero attached hydrogens (tertiary/aromatic N) is 1. The summed E-state index contributed by atoms with van der Waals surface area (Å²) in [4.78, 5) is 28.6. The van der Waals surface area contributed by atoms with Gasteiger partial charge in [0.15, 0.2) is 11.6 Å². The zero-order chi connectivity index (χ0) is 24.1. The second-order valence-corrected chi connectivity index (χ2v) is 8.36. The van der Waals surface area contributed by atoms with Gasteiger partial charge in [-0.3, -0.25) is 9.59 Å². The summed E-state index contributed by atoms with van der Waals surface area (Å²) in [6.45, 7) is 10.8. The minimum absolute atomic E-state index is 0.0171. The van der Waals surface area contributed by atoms with Crippen LogP contribution in [-0.2, 0) is 9.59 Å². The highest BCUT2D eigenvalue weighted by atomic mass is 19.1. The van der Waals surface area contributed by atoms with E-state index in [2.05, 4.69) is 13.8 Å². The highest BCUT2D eigenvalue weighted by Crippen LogP contribution is 2.39. The Morgan fingerprint density at radius 2 is 1.97 bits per heavy atom. The maximum absolute atomic E-state index is 14.5. The number of amides is 1. The molecular formula is C25H31FN2O5. The molecule has 1 fully saturated rings. The number of hydrogen-bond donors (Lipinski definition) is 1. The molecule has 2 aromatic rings. The average molecular weight is 459 g/mol. The molecule has 1 aromatic heterocycles. The van der Waals surface area contributed by atoms with Crippen LogP contribution in [0.2, 0.25) is 0 Å². The van der Waals surface area contributed by atoms with Crippen LogP contribution in [0.5, 0.6) is 5.75 Å². The van der Waals surface area contributed by atoms with Crippen molar-refractivity contribution in [2.24, 2.45) is 0 Å². The molecule has 0 bridgehead atoms. The van der Waals surface area contributed by atoms with Crippen molar-refractivity contribution >= 4 is 17.4 Å². The SMILES string of the molecule is CC[NH+](CC)CCCN1C(=O)C(=O)C(=C([O-])c2ccc(OC(C)C)c(F)c2)C1c1ccco1. The largest absolute Gasteiger partial charge is 0.872 e. The first-order chi connectivity index (χ1) is 15.8. The van der Waals surface area contributed by atoms with E-state index in [-0.39, 0.29) is 23.0 Å². The van der Waals surface area contributed by atoms with Crippen molar-refractivity contribution in [3.8, 4) is 5.75 Å². The van der Waals surface area contributed by atoms with E-state index in [9.17, 15) is 19.1 Å². The lowest BCUT2D eigenvalue weighted by Gasteiger charge is -2.26. The van der Waals surface area contributed by atoms with Gasteiger partial charge in [0.2, 0.25) is 5.78 Å². The highest BCUT2D eigenvalue weighted by Gasteiger charge is 2.45. The molecule has 33 heavy (non-hydrogen) atoms. The van der Waals surface area contributed by atoms with Crippen LogP contribution < -0.4 is 14.7 Å². The molecule has 7 nitrogen and oxygen atoms in total. The Labute approximate surface area is 193 Å². The van der Waals surface area contributed by atoms with Gasteiger partial charge in [0.1, 0.15) is 11.8 Å². The predicted octanol–water partition coefficient (Wildman–Crippen LogP) is 1.74. The summed E-state index contributed by atoms with van der Waals surface area (Å²) in [5.74, 6) is -2.67.